The summed E-state index contributed by atoms with van der Waals surface area (Å²) in [7, 11) is 0. The van der Waals surface area contributed by atoms with Gasteiger partial charge in [-0.2, -0.15) is 0 Å². The van der Waals surface area contributed by atoms with Gasteiger partial charge in [0, 0.05) is 23.4 Å². The van der Waals surface area contributed by atoms with E-state index in [4.69, 9.17) is 21.1 Å². The monoisotopic (exact) mass is 389 g/mol. The van der Waals surface area contributed by atoms with Gasteiger partial charge in [-0.3, -0.25) is 4.79 Å². The van der Waals surface area contributed by atoms with E-state index in [1.54, 1.807) is 0 Å². The Hall–Kier alpha value is -1.72. The third-order valence-electron chi connectivity index (χ3n) is 4.73. The van der Waals surface area contributed by atoms with E-state index in [-0.39, 0.29) is 12.0 Å². The van der Waals surface area contributed by atoms with Gasteiger partial charge in [0.2, 0.25) is 0 Å². The molecule has 1 aromatic heterocycles. The van der Waals surface area contributed by atoms with Crippen LogP contribution in [0.15, 0.2) is 41.6 Å². The number of hydrogen-bond acceptors (Lipinski definition) is 5. The van der Waals surface area contributed by atoms with E-state index in [0.29, 0.717) is 23.9 Å². The quantitative estimate of drug-likeness (QED) is 0.453. The van der Waals surface area contributed by atoms with E-state index in [1.807, 2.05) is 42.2 Å². The number of nitrogens with zero attached hydrogens (tertiary/aromatic N) is 1. The molecule has 4 rings (SSSR count). The summed E-state index contributed by atoms with van der Waals surface area (Å²) >= 11 is 8.20. The number of thioether (sulfide) groups is 1. The second kappa shape index (κ2) is 7.89. The van der Waals surface area contributed by atoms with Crippen molar-refractivity contribution in [3.63, 3.8) is 0 Å². The summed E-state index contributed by atoms with van der Waals surface area (Å²) in [6.45, 7) is 0.955. The summed E-state index contributed by atoms with van der Waals surface area (Å²) in [6.07, 6.45) is 5.35. The van der Waals surface area contributed by atoms with Crippen LogP contribution in [0, 0.1) is 5.92 Å². The maximum Gasteiger partial charge on any atom is 0.293 e. The van der Waals surface area contributed by atoms with Crippen molar-refractivity contribution in [3.8, 4) is 5.75 Å². The number of rotatable bonds is 9. The van der Waals surface area contributed by atoms with Gasteiger partial charge in [0.05, 0.1) is 5.02 Å². The predicted octanol–water partition coefficient (Wildman–Crippen LogP) is 4.85. The first-order valence-corrected chi connectivity index (χ1v) is 10.2. The third-order valence-corrected chi connectivity index (χ3v) is 6.31. The highest BCUT2D eigenvalue weighted by Gasteiger charge is 2.40. The van der Waals surface area contributed by atoms with Crippen LogP contribution in [-0.2, 0) is 16.1 Å². The average Bonchev–Trinajstić information content (AvgIpc) is 3.56. The van der Waals surface area contributed by atoms with Crippen molar-refractivity contribution in [3.05, 3.63) is 52.7 Å². The van der Waals surface area contributed by atoms with E-state index < -0.39 is 0 Å². The molecule has 1 aromatic carbocycles. The first-order valence-electron chi connectivity index (χ1n) is 8.82. The molecular formula is C20H20ClNO3S. The van der Waals surface area contributed by atoms with Crippen molar-refractivity contribution in [2.45, 2.75) is 42.9 Å². The topological polar surface area (TPSA) is 48.4 Å². The SMILES string of the molecule is O=COC1CC1c1ccc(OCc2cccnc2SCC2CC2)c(Cl)c1. The molecule has 26 heavy (non-hydrogen) atoms. The molecule has 0 N–H and O–H groups in total. The summed E-state index contributed by atoms with van der Waals surface area (Å²) < 4.78 is 10.9. The van der Waals surface area contributed by atoms with Crippen LogP contribution < -0.4 is 4.74 Å². The first-order chi connectivity index (χ1) is 12.7. The molecule has 2 aromatic rings. The van der Waals surface area contributed by atoms with Crippen LogP contribution in [0.25, 0.3) is 0 Å². The fourth-order valence-corrected chi connectivity index (χ4v) is 4.33. The van der Waals surface area contributed by atoms with Crippen LogP contribution in [0.4, 0.5) is 0 Å². The molecule has 0 spiro atoms. The predicted molar refractivity (Wildman–Crippen MR) is 102 cm³/mol. The zero-order valence-electron chi connectivity index (χ0n) is 14.3. The van der Waals surface area contributed by atoms with Gasteiger partial charge in [0.15, 0.2) is 0 Å². The maximum atomic E-state index is 10.4. The molecule has 0 amide bonds. The normalized spacial score (nSPS) is 21.3. The Morgan fingerprint density at radius 1 is 1.31 bits per heavy atom. The van der Waals surface area contributed by atoms with Crippen molar-refractivity contribution in [1.82, 2.24) is 4.98 Å². The highest BCUT2D eigenvalue weighted by molar-refractivity contribution is 7.99. The smallest absolute Gasteiger partial charge is 0.293 e. The Kier molecular flexibility index (Phi) is 5.36. The number of carbonyl (C=O) groups is 1. The molecule has 1 heterocycles. The van der Waals surface area contributed by atoms with Crippen LogP contribution in [0.3, 0.4) is 0 Å². The lowest BCUT2D eigenvalue weighted by Gasteiger charge is -2.12. The van der Waals surface area contributed by atoms with E-state index in [1.165, 1.54) is 12.8 Å². The van der Waals surface area contributed by atoms with Crippen molar-refractivity contribution >= 4 is 29.8 Å². The van der Waals surface area contributed by atoms with E-state index in [2.05, 4.69) is 11.1 Å². The standard InChI is InChI=1S/C20H20ClNO3S/c21-17-8-14(16-9-19(16)25-12-23)5-6-18(17)24-10-15-2-1-7-22-20(15)26-11-13-3-4-13/h1-2,5-8,12-13,16,19H,3-4,9-11H2. The van der Waals surface area contributed by atoms with Crippen LogP contribution in [0.5, 0.6) is 5.75 Å². The van der Waals surface area contributed by atoms with Gasteiger partial charge < -0.3 is 9.47 Å². The van der Waals surface area contributed by atoms with Crippen LogP contribution in [0.1, 0.15) is 36.3 Å². The minimum absolute atomic E-state index is 0.0169. The number of halogens is 1. The van der Waals surface area contributed by atoms with Gasteiger partial charge >= 0.3 is 0 Å². The van der Waals surface area contributed by atoms with Gasteiger partial charge in [-0.1, -0.05) is 23.7 Å². The van der Waals surface area contributed by atoms with Gasteiger partial charge in [-0.25, -0.2) is 4.98 Å². The number of aromatic nitrogens is 1. The van der Waals surface area contributed by atoms with Gasteiger partial charge in [0.25, 0.3) is 6.47 Å². The van der Waals surface area contributed by atoms with Crippen molar-refractivity contribution in [1.29, 1.82) is 0 Å². The molecule has 2 aliphatic carbocycles. The molecule has 4 nitrogen and oxygen atoms in total. The molecule has 2 saturated carbocycles. The number of carbonyl (C=O) groups excluding carboxylic acids is 1. The Morgan fingerprint density at radius 3 is 2.96 bits per heavy atom. The molecule has 2 unspecified atom stereocenters. The lowest BCUT2D eigenvalue weighted by molar-refractivity contribution is -0.129. The molecule has 2 aliphatic rings. The molecular weight excluding hydrogens is 370 g/mol. The van der Waals surface area contributed by atoms with Gasteiger partial charge in [0.1, 0.15) is 23.5 Å². The fraction of sp³-hybridized carbons (Fsp3) is 0.400. The lowest BCUT2D eigenvalue weighted by Crippen LogP contribution is -2.00. The third kappa shape index (κ3) is 4.33. The number of pyridine rings is 1. The summed E-state index contributed by atoms with van der Waals surface area (Å²) in [5, 5.41) is 1.62. The second-order valence-corrected chi connectivity index (χ2v) is 8.23. The second-order valence-electron chi connectivity index (χ2n) is 6.81. The van der Waals surface area contributed by atoms with Crippen molar-refractivity contribution in [2.75, 3.05) is 5.75 Å². The van der Waals surface area contributed by atoms with E-state index >= 15 is 0 Å². The molecule has 136 valence electrons. The van der Waals surface area contributed by atoms with Gasteiger partial charge in [-0.05, 0) is 48.9 Å². The molecule has 2 fully saturated rings. The van der Waals surface area contributed by atoms with Gasteiger partial charge in [-0.15, -0.1) is 11.8 Å². The molecule has 0 aliphatic heterocycles. The lowest BCUT2D eigenvalue weighted by atomic mass is 10.1. The highest BCUT2D eigenvalue weighted by atomic mass is 35.5. The first kappa shape index (κ1) is 17.7. The molecule has 2 atom stereocenters. The molecule has 0 bridgehead atoms. The van der Waals surface area contributed by atoms with Crippen LogP contribution in [-0.4, -0.2) is 23.3 Å². The van der Waals surface area contributed by atoms with Crippen LogP contribution in [0.2, 0.25) is 5.02 Å². The largest absolute Gasteiger partial charge is 0.487 e. The Morgan fingerprint density at radius 2 is 2.19 bits per heavy atom. The summed E-state index contributed by atoms with van der Waals surface area (Å²) in [5.74, 6) is 2.89. The Labute approximate surface area is 162 Å². The number of benzene rings is 1. The Balaban J connectivity index is 1.38. The zero-order valence-corrected chi connectivity index (χ0v) is 15.8. The van der Waals surface area contributed by atoms with E-state index in [0.717, 1.165) is 34.2 Å². The number of hydrogen-bond donors (Lipinski definition) is 0. The Bertz CT molecular complexity index is 796. The maximum absolute atomic E-state index is 10.4. The molecule has 6 heteroatoms. The number of ether oxygens (including phenoxy) is 2. The minimum atomic E-state index is -0.0169. The molecule has 0 saturated heterocycles. The zero-order chi connectivity index (χ0) is 17.9. The average molecular weight is 390 g/mol. The van der Waals surface area contributed by atoms with Crippen molar-refractivity contribution in [2.24, 2.45) is 5.92 Å². The summed E-state index contributed by atoms with van der Waals surface area (Å²) in [6, 6.07) is 9.77. The van der Waals surface area contributed by atoms with E-state index in [9.17, 15) is 4.79 Å². The summed E-state index contributed by atoms with van der Waals surface area (Å²) in [5.41, 5.74) is 2.16. The van der Waals surface area contributed by atoms with Crippen molar-refractivity contribution < 1.29 is 14.3 Å². The fourth-order valence-electron chi connectivity index (χ4n) is 2.91. The minimum Gasteiger partial charge on any atom is -0.487 e. The highest BCUT2D eigenvalue weighted by Crippen LogP contribution is 2.44. The van der Waals surface area contributed by atoms with Crippen LogP contribution >= 0.6 is 23.4 Å². The molecule has 0 radical (unpaired) electrons. The summed E-state index contributed by atoms with van der Waals surface area (Å²) in [4.78, 5) is 14.9.